The zero-order valence-corrected chi connectivity index (χ0v) is 20.4. The molecule has 10 heteroatoms. The molecular formula is C28H23N7O3. The largest absolute Gasteiger partial charge is 0.403 e. The first-order chi connectivity index (χ1) is 18.7. The van der Waals surface area contributed by atoms with Gasteiger partial charge in [0.2, 0.25) is 0 Å². The van der Waals surface area contributed by atoms with Crippen molar-refractivity contribution in [1.82, 2.24) is 15.2 Å². The summed E-state index contributed by atoms with van der Waals surface area (Å²) >= 11 is 0. The summed E-state index contributed by atoms with van der Waals surface area (Å²) in [5, 5.41) is 20.7. The summed E-state index contributed by atoms with van der Waals surface area (Å²) in [7, 11) is 0. The number of hydrogen-bond acceptors (Lipinski definition) is 10. The van der Waals surface area contributed by atoms with Crippen LogP contribution >= 0.6 is 0 Å². The molecule has 1 atom stereocenters. The van der Waals surface area contributed by atoms with Crippen LogP contribution in [0.15, 0.2) is 76.1 Å². The second-order valence-corrected chi connectivity index (χ2v) is 8.88. The van der Waals surface area contributed by atoms with Crippen LogP contribution in [0.25, 0.3) is 11.5 Å². The molecule has 0 bridgehead atoms. The first kappa shape index (κ1) is 23.5. The molecule has 188 valence electrons. The Balaban J connectivity index is 1.33. The van der Waals surface area contributed by atoms with Gasteiger partial charge in [-0.1, -0.05) is 59.7 Å². The van der Waals surface area contributed by atoms with E-state index in [9.17, 15) is 10.1 Å². The minimum Gasteiger partial charge on any atom is -0.403 e. The number of rotatable bonds is 5. The lowest BCUT2D eigenvalue weighted by Crippen LogP contribution is -2.37. The first-order valence-electron chi connectivity index (χ1n) is 12.3. The van der Waals surface area contributed by atoms with E-state index in [1.807, 2.05) is 59.5 Å². The van der Waals surface area contributed by atoms with Crippen molar-refractivity contribution in [3.8, 4) is 17.5 Å². The first-order valence-corrected chi connectivity index (χ1v) is 12.3. The van der Waals surface area contributed by atoms with Crippen LogP contribution in [0.1, 0.15) is 22.4 Å². The number of nitrogens with zero attached hydrogens (tertiary/aromatic N) is 6. The van der Waals surface area contributed by atoms with Crippen LogP contribution < -0.4 is 10.2 Å². The van der Waals surface area contributed by atoms with Gasteiger partial charge in [0.05, 0.1) is 24.5 Å². The predicted molar refractivity (Wildman–Crippen MR) is 140 cm³/mol. The van der Waals surface area contributed by atoms with Gasteiger partial charge in [-0.05, 0) is 17.7 Å². The minimum atomic E-state index is -0.913. The van der Waals surface area contributed by atoms with E-state index in [2.05, 4.69) is 26.6 Å². The molecule has 0 amide bonds. The van der Waals surface area contributed by atoms with Crippen LogP contribution in [-0.4, -0.2) is 59.1 Å². The van der Waals surface area contributed by atoms with Gasteiger partial charge in [-0.15, -0.1) is 5.10 Å². The molecule has 1 N–H and O–H groups in total. The number of ketones is 1. The Hall–Kier alpha value is -4.88. The number of aliphatic imine (C=N–C) groups is 1. The fourth-order valence-electron chi connectivity index (χ4n) is 4.60. The summed E-state index contributed by atoms with van der Waals surface area (Å²) in [5.74, 6) is 0.688. The number of pyridine rings is 1. The number of aromatic nitrogens is 3. The quantitative estimate of drug-likeness (QED) is 0.434. The smallest absolute Gasteiger partial charge is 0.317 e. The second kappa shape index (κ2) is 10.2. The summed E-state index contributed by atoms with van der Waals surface area (Å²) in [6, 6.07) is 23.1. The maximum absolute atomic E-state index is 13.2. The van der Waals surface area contributed by atoms with Gasteiger partial charge in [-0.2, -0.15) is 5.26 Å². The number of anilines is 2. The fourth-order valence-corrected chi connectivity index (χ4v) is 4.60. The third-order valence-electron chi connectivity index (χ3n) is 6.46. The second-order valence-electron chi connectivity index (χ2n) is 8.88. The summed E-state index contributed by atoms with van der Waals surface area (Å²) in [6.07, 6.45) is -0.696. The van der Waals surface area contributed by atoms with Crippen LogP contribution in [0.3, 0.4) is 0 Å². The number of nitrogens with one attached hydrogen (secondary N) is 1. The maximum atomic E-state index is 13.2. The number of hydrogen-bond donors (Lipinski definition) is 1. The predicted octanol–water partition coefficient (Wildman–Crippen LogP) is 3.24. The van der Waals surface area contributed by atoms with Crippen molar-refractivity contribution in [2.45, 2.75) is 12.6 Å². The van der Waals surface area contributed by atoms with E-state index in [0.717, 1.165) is 22.4 Å². The molecule has 4 heterocycles. The molecule has 6 rings (SSSR count). The summed E-state index contributed by atoms with van der Waals surface area (Å²) in [5.41, 5.74) is 4.34. The van der Waals surface area contributed by atoms with E-state index >= 15 is 0 Å². The molecule has 1 saturated heterocycles. The Bertz CT molecular complexity index is 1550. The number of nitriles is 1. The van der Waals surface area contributed by atoms with Gasteiger partial charge in [-0.25, -0.2) is 4.98 Å². The Kier molecular flexibility index (Phi) is 6.34. The normalized spacial score (nSPS) is 17.2. The number of ether oxygens (including phenoxy) is 1. The van der Waals surface area contributed by atoms with Crippen molar-refractivity contribution in [3.05, 3.63) is 89.1 Å². The molecule has 2 aromatic carbocycles. The van der Waals surface area contributed by atoms with Crippen molar-refractivity contribution >= 4 is 23.3 Å². The lowest BCUT2D eigenvalue weighted by molar-refractivity contribution is -0.119. The zero-order valence-electron chi connectivity index (χ0n) is 20.4. The highest BCUT2D eigenvalue weighted by Crippen LogP contribution is 2.31. The van der Waals surface area contributed by atoms with Gasteiger partial charge >= 0.3 is 6.01 Å². The number of carbonyl (C=O) groups is 1. The van der Waals surface area contributed by atoms with Crippen molar-refractivity contribution in [2.75, 3.05) is 36.5 Å². The van der Waals surface area contributed by atoms with Gasteiger partial charge < -0.3 is 19.4 Å². The van der Waals surface area contributed by atoms with E-state index in [4.69, 9.17) is 14.1 Å². The van der Waals surface area contributed by atoms with Crippen LogP contribution in [0, 0.1) is 11.3 Å². The Labute approximate surface area is 218 Å². The molecule has 0 aliphatic carbocycles. The monoisotopic (exact) mass is 505 g/mol. The lowest BCUT2D eigenvalue weighted by atomic mass is 9.96. The highest BCUT2D eigenvalue weighted by molar-refractivity contribution is 6.16. The summed E-state index contributed by atoms with van der Waals surface area (Å²) < 4.78 is 11.4. The number of fused-ring (bicyclic) bond motifs is 1. The molecule has 2 aliphatic rings. The van der Waals surface area contributed by atoms with Crippen molar-refractivity contribution < 1.29 is 13.9 Å². The van der Waals surface area contributed by atoms with Gasteiger partial charge in [-0.3, -0.25) is 9.79 Å². The third kappa shape index (κ3) is 4.63. The molecule has 10 nitrogen and oxygen atoms in total. The van der Waals surface area contributed by atoms with Gasteiger partial charge in [0, 0.05) is 30.6 Å². The minimum absolute atomic E-state index is 0.0674. The van der Waals surface area contributed by atoms with E-state index in [-0.39, 0.29) is 24.1 Å². The highest BCUT2D eigenvalue weighted by atomic mass is 16.5. The van der Waals surface area contributed by atoms with Crippen LogP contribution in [0.5, 0.6) is 0 Å². The average molecular weight is 506 g/mol. The molecule has 0 spiro atoms. The van der Waals surface area contributed by atoms with Crippen molar-refractivity contribution in [1.29, 1.82) is 5.26 Å². The molecule has 0 saturated carbocycles. The molecule has 2 aromatic heterocycles. The number of morpholine rings is 1. The van der Waals surface area contributed by atoms with Crippen LogP contribution in [0.2, 0.25) is 0 Å². The molecule has 1 fully saturated rings. The van der Waals surface area contributed by atoms with Crippen molar-refractivity contribution in [3.63, 3.8) is 0 Å². The standard InChI is InChI=1S/C28H23N7O3/c29-17-20-10-11-22(26(30-20)35-12-14-37-15-13-35)27-33-34-28(38-27)32-25-23(36)16-19-8-4-5-9-21(19)24(31-25)18-6-2-1-3-7-18/h1-11,25H,12-16H2,(H,32,34)/t25-/m1/s1. The third-order valence-corrected chi connectivity index (χ3v) is 6.46. The topological polar surface area (TPSA) is 130 Å². The molecule has 4 aromatic rings. The molecule has 2 aliphatic heterocycles. The SMILES string of the molecule is N#Cc1ccc(-c2nnc(N[C@H]3N=C(c4ccccc4)c4ccccc4CC3=O)o2)c(N2CCOCC2)n1. The number of benzene rings is 2. The van der Waals surface area contributed by atoms with Crippen LogP contribution in [0.4, 0.5) is 11.8 Å². The van der Waals surface area contributed by atoms with E-state index in [1.54, 1.807) is 12.1 Å². The van der Waals surface area contributed by atoms with E-state index < -0.39 is 6.17 Å². The Morgan fingerprint density at radius 3 is 2.55 bits per heavy atom. The molecule has 0 radical (unpaired) electrons. The highest BCUT2D eigenvalue weighted by Gasteiger charge is 2.28. The zero-order chi connectivity index (χ0) is 25.9. The van der Waals surface area contributed by atoms with Gasteiger partial charge in [0.1, 0.15) is 17.6 Å². The summed E-state index contributed by atoms with van der Waals surface area (Å²) in [6.45, 7) is 2.37. The average Bonchev–Trinajstić information content (AvgIpc) is 3.39. The van der Waals surface area contributed by atoms with E-state index in [0.29, 0.717) is 43.4 Å². The van der Waals surface area contributed by atoms with Gasteiger partial charge in [0.15, 0.2) is 11.9 Å². The van der Waals surface area contributed by atoms with Gasteiger partial charge in [0.25, 0.3) is 5.89 Å². The maximum Gasteiger partial charge on any atom is 0.317 e. The Morgan fingerprint density at radius 1 is 0.947 bits per heavy atom. The molecule has 38 heavy (non-hydrogen) atoms. The number of carbonyl (C=O) groups excluding carboxylic acids is 1. The van der Waals surface area contributed by atoms with Crippen LogP contribution in [-0.2, 0) is 16.0 Å². The lowest BCUT2D eigenvalue weighted by Gasteiger charge is -2.28. The molecular weight excluding hydrogens is 482 g/mol. The Morgan fingerprint density at radius 2 is 1.74 bits per heavy atom. The fraction of sp³-hybridized carbons (Fsp3) is 0.214. The van der Waals surface area contributed by atoms with Crippen molar-refractivity contribution in [2.24, 2.45) is 4.99 Å². The molecule has 0 unspecified atom stereocenters. The number of Topliss-reactive ketones (excluding diaryl/α,β-unsaturated/α-hetero) is 1. The summed E-state index contributed by atoms with van der Waals surface area (Å²) in [4.78, 5) is 24.6. The van der Waals surface area contributed by atoms with E-state index in [1.165, 1.54) is 0 Å².